The van der Waals surface area contributed by atoms with Gasteiger partial charge in [-0.05, 0) is 18.9 Å². The smallest absolute Gasteiger partial charge is 0.0995 e. The highest BCUT2D eigenvalue weighted by atomic mass is 15.1. The van der Waals surface area contributed by atoms with E-state index in [9.17, 15) is 0 Å². The number of fused-ring (bicyclic) bond motifs is 5. The molecule has 1 fully saturated rings. The number of imidazole rings is 1. The van der Waals surface area contributed by atoms with Crippen LogP contribution in [0.4, 0.5) is 5.69 Å². The third-order valence-electron chi connectivity index (χ3n) is 4.21. The largest absolute Gasteiger partial charge is 0.380 e. The van der Waals surface area contributed by atoms with Crippen LogP contribution in [-0.2, 0) is 0 Å². The van der Waals surface area contributed by atoms with E-state index >= 15 is 0 Å². The molecule has 0 spiro atoms. The van der Waals surface area contributed by atoms with Crippen molar-refractivity contribution in [2.24, 2.45) is 0 Å². The summed E-state index contributed by atoms with van der Waals surface area (Å²) >= 11 is 0. The fraction of sp³-hybridized carbons (Fsp3) is 0.429. The van der Waals surface area contributed by atoms with Crippen molar-refractivity contribution < 1.29 is 0 Å². The maximum atomic E-state index is 4.34. The van der Waals surface area contributed by atoms with Gasteiger partial charge in [-0.15, -0.1) is 0 Å². The molecule has 0 radical (unpaired) electrons. The van der Waals surface area contributed by atoms with Crippen LogP contribution < -0.4 is 5.32 Å². The van der Waals surface area contributed by atoms with Gasteiger partial charge in [0.1, 0.15) is 0 Å². The van der Waals surface area contributed by atoms with Crippen LogP contribution in [0.15, 0.2) is 31.0 Å². The van der Waals surface area contributed by atoms with Crippen molar-refractivity contribution in [3.63, 3.8) is 0 Å². The van der Waals surface area contributed by atoms with Crippen molar-refractivity contribution in [2.75, 3.05) is 5.32 Å². The van der Waals surface area contributed by atoms with E-state index in [1.165, 1.54) is 37.1 Å². The number of rotatable bonds is 0. The Morgan fingerprint density at radius 3 is 3.11 bits per heavy atom. The van der Waals surface area contributed by atoms with Crippen LogP contribution in [0.2, 0.25) is 0 Å². The maximum Gasteiger partial charge on any atom is 0.0995 e. The molecule has 0 amide bonds. The van der Waals surface area contributed by atoms with Gasteiger partial charge >= 0.3 is 0 Å². The molecule has 2 atom stereocenters. The number of anilines is 1. The van der Waals surface area contributed by atoms with Crippen molar-refractivity contribution in [1.82, 2.24) is 14.5 Å². The fourth-order valence-corrected chi connectivity index (χ4v) is 3.34. The van der Waals surface area contributed by atoms with Crippen LogP contribution in [0.1, 0.15) is 37.3 Å². The summed E-state index contributed by atoms with van der Waals surface area (Å²) in [4.78, 5) is 8.59. The normalized spacial score (nSPS) is 25.3. The van der Waals surface area contributed by atoms with Gasteiger partial charge in [-0.3, -0.25) is 9.55 Å². The lowest BCUT2D eigenvalue weighted by molar-refractivity contribution is 0.399. The van der Waals surface area contributed by atoms with E-state index < -0.39 is 0 Å². The molecule has 0 aromatic carbocycles. The molecule has 2 unspecified atom stereocenters. The summed E-state index contributed by atoms with van der Waals surface area (Å²) in [5, 5.41) is 3.71. The van der Waals surface area contributed by atoms with E-state index in [0.29, 0.717) is 12.0 Å². The van der Waals surface area contributed by atoms with Crippen LogP contribution in [0.3, 0.4) is 0 Å². The third-order valence-corrected chi connectivity index (χ3v) is 4.21. The second kappa shape index (κ2) is 3.83. The van der Waals surface area contributed by atoms with E-state index in [4.69, 9.17) is 0 Å². The predicted molar refractivity (Wildman–Crippen MR) is 70.0 cm³/mol. The molecule has 3 heterocycles. The summed E-state index contributed by atoms with van der Waals surface area (Å²) in [5.41, 5.74) is 3.64. The summed E-state index contributed by atoms with van der Waals surface area (Å²) in [6.45, 7) is 0. The van der Waals surface area contributed by atoms with Gasteiger partial charge in [0.2, 0.25) is 0 Å². The molecule has 1 saturated carbocycles. The molecule has 4 rings (SSSR count). The molecule has 92 valence electrons. The highest BCUT2D eigenvalue weighted by molar-refractivity contribution is 5.62. The van der Waals surface area contributed by atoms with E-state index in [2.05, 4.69) is 25.9 Å². The molecule has 2 aromatic rings. The Kier molecular flexibility index (Phi) is 2.15. The molecular weight excluding hydrogens is 224 g/mol. The monoisotopic (exact) mass is 240 g/mol. The van der Waals surface area contributed by atoms with Crippen LogP contribution >= 0.6 is 0 Å². The molecule has 1 N–H and O–H groups in total. The molecule has 18 heavy (non-hydrogen) atoms. The molecule has 2 aromatic heterocycles. The lowest BCUT2D eigenvalue weighted by atomic mass is 9.82. The quantitative estimate of drug-likeness (QED) is 0.770. The lowest BCUT2D eigenvalue weighted by Gasteiger charge is -2.30. The second-order valence-corrected chi connectivity index (χ2v) is 5.22. The average Bonchev–Trinajstić information content (AvgIpc) is 2.84. The molecule has 2 aliphatic rings. The minimum atomic E-state index is 0.540. The summed E-state index contributed by atoms with van der Waals surface area (Å²) in [7, 11) is 0. The van der Waals surface area contributed by atoms with Gasteiger partial charge in [-0.1, -0.05) is 12.8 Å². The minimum Gasteiger partial charge on any atom is -0.380 e. The van der Waals surface area contributed by atoms with Crippen LogP contribution in [0.5, 0.6) is 0 Å². The van der Waals surface area contributed by atoms with E-state index in [1.807, 2.05) is 24.9 Å². The first kappa shape index (κ1) is 10.1. The highest BCUT2D eigenvalue weighted by Gasteiger charge is 2.32. The number of hydrogen-bond donors (Lipinski definition) is 1. The number of pyridine rings is 1. The minimum absolute atomic E-state index is 0.540. The number of nitrogens with one attached hydrogen (secondary N) is 1. The van der Waals surface area contributed by atoms with Crippen LogP contribution in [-0.4, -0.2) is 20.6 Å². The summed E-state index contributed by atoms with van der Waals surface area (Å²) in [5.74, 6) is 0.577. The first-order valence-electron chi connectivity index (χ1n) is 6.66. The van der Waals surface area contributed by atoms with Crippen LogP contribution in [0, 0.1) is 0 Å². The third kappa shape index (κ3) is 1.38. The second-order valence-electron chi connectivity index (χ2n) is 5.22. The van der Waals surface area contributed by atoms with Crippen molar-refractivity contribution in [1.29, 1.82) is 0 Å². The summed E-state index contributed by atoms with van der Waals surface area (Å²) < 4.78 is 2.20. The van der Waals surface area contributed by atoms with Gasteiger partial charge < -0.3 is 5.32 Å². The topological polar surface area (TPSA) is 42.7 Å². The molecule has 0 bridgehead atoms. The Morgan fingerprint density at radius 2 is 2.11 bits per heavy atom. The summed E-state index contributed by atoms with van der Waals surface area (Å²) in [6.07, 6.45) is 12.9. The van der Waals surface area contributed by atoms with Gasteiger partial charge in [-0.25, -0.2) is 4.98 Å². The van der Waals surface area contributed by atoms with Crippen molar-refractivity contribution in [3.8, 4) is 5.69 Å². The van der Waals surface area contributed by atoms with E-state index in [-0.39, 0.29) is 0 Å². The van der Waals surface area contributed by atoms with Gasteiger partial charge in [-0.2, -0.15) is 0 Å². The fourth-order valence-electron chi connectivity index (χ4n) is 3.34. The number of hydrogen-bond acceptors (Lipinski definition) is 3. The van der Waals surface area contributed by atoms with Gasteiger partial charge in [0, 0.05) is 30.0 Å². The zero-order valence-electron chi connectivity index (χ0n) is 10.2. The van der Waals surface area contributed by atoms with Gasteiger partial charge in [0.15, 0.2) is 0 Å². The summed E-state index contributed by atoms with van der Waals surface area (Å²) in [6, 6.07) is 2.61. The van der Waals surface area contributed by atoms with Gasteiger partial charge in [0.05, 0.1) is 23.9 Å². The molecule has 4 heteroatoms. The van der Waals surface area contributed by atoms with E-state index in [0.717, 1.165) is 5.69 Å². The lowest BCUT2D eigenvalue weighted by Crippen LogP contribution is -2.29. The zero-order valence-corrected chi connectivity index (χ0v) is 10.2. The van der Waals surface area contributed by atoms with Crippen molar-refractivity contribution in [2.45, 2.75) is 37.6 Å². The standard InChI is InChI=1S/C14H16N4/c1-2-4-11-10(3-1)13-7-16-9-18(13)14-8-15-6-5-12(14)17-11/h5-11,17H,1-4H2. The Labute approximate surface area is 106 Å². The van der Waals surface area contributed by atoms with Crippen LogP contribution in [0.25, 0.3) is 5.69 Å². The zero-order chi connectivity index (χ0) is 11.9. The van der Waals surface area contributed by atoms with E-state index in [1.54, 1.807) is 0 Å². The number of nitrogens with zero attached hydrogens (tertiary/aromatic N) is 3. The first-order valence-corrected chi connectivity index (χ1v) is 6.66. The van der Waals surface area contributed by atoms with Crippen molar-refractivity contribution >= 4 is 5.69 Å². The Bertz CT molecular complexity index is 575. The molecule has 4 nitrogen and oxygen atoms in total. The molecule has 1 aliphatic heterocycles. The molecule has 0 saturated heterocycles. The van der Waals surface area contributed by atoms with Gasteiger partial charge in [0.25, 0.3) is 0 Å². The Morgan fingerprint density at radius 1 is 1.17 bits per heavy atom. The first-order chi connectivity index (χ1) is 8.93. The highest BCUT2D eigenvalue weighted by Crippen LogP contribution is 2.39. The Hall–Kier alpha value is -1.84. The molecular formula is C14H16N4. The number of aromatic nitrogens is 3. The average molecular weight is 240 g/mol. The Balaban J connectivity index is 1.92. The van der Waals surface area contributed by atoms with Crippen molar-refractivity contribution in [3.05, 3.63) is 36.7 Å². The SMILES string of the molecule is c1cc2c(cn1)-n1cncc1C1CCCCC1N2. The maximum absolute atomic E-state index is 4.34. The predicted octanol–water partition coefficient (Wildman–Crippen LogP) is 2.72. The molecule has 1 aliphatic carbocycles.